The van der Waals surface area contributed by atoms with E-state index < -0.39 is 5.41 Å². The van der Waals surface area contributed by atoms with E-state index in [1.807, 2.05) is 6.07 Å². The Morgan fingerprint density at radius 3 is 2.62 bits per heavy atom. The van der Waals surface area contributed by atoms with Gasteiger partial charge in [0.2, 0.25) is 5.91 Å². The third kappa shape index (κ3) is 3.21. The Labute approximate surface area is 97.0 Å². The lowest BCUT2D eigenvalue weighted by atomic mass is 9.94. The minimum atomic E-state index is -0.933. The van der Waals surface area contributed by atoms with Crippen LogP contribution in [0, 0.1) is 22.2 Å². The number of hydrogen-bond donors (Lipinski definition) is 1. The van der Waals surface area contributed by atoms with Crippen molar-refractivity contribution in [3.8, 4) is 6.07 Å². The average Bonchev–Trinajstić information content (AvgIpc) is 3.04. The Kier molecular flexibility index (Phi) is 3.93. The molecule has 0 spiro atoms. The van der Waals surface area contributed by atoms with Crippen molar-refractivity contribution in [3.63, 3.8) is 0 Å². The van der Waals surface area contributed by atoms with Crippen molar-refractivity contribution in [2.75, 3.05) is 20.3 Å². The first kappa shape index (κ1) is 13.0. The molecular formula is C12H20N2O2. The van der Waals surface area contributed by atoms with Crippen LogP contribution in [0.5, 0.6) is 0 Å². The Morgan fingerprint density at radius 1 is 1.56 bits per heavy atom. The van der Waals surface area contributed by atoms with Gasteiger partial charge in [-0.1, -0.05) is 0 Å². The summed E-state index contributed by atoms with van der Waals surface area (Å²) in [5, 5.41) is 11.7. The predicted molar refractivity (Wildman–Crippen MR) is 60.6 cm³/mol. The predicted octanol–water partition coefficient (Wildman–Crippen LogP) is 1.47. The maximum Gasteiger partial charge on any atom is 0.239 e. The van der Waals surface area contributed by atoms with Gasteiger partial charge < -0.3 is 10.1 Å². The zero-order valence-electron chi connectivity index (χ0n) is 10.3. The van der Waals surface area contributed by atoms with E-state index in [9.17, 15) is 4.79 Å². The van der Waals surface area contributed by atoms with Crippen LogP contribution in [-0.4, -0.2) is 26.2 Å². The molecule has 1 fully saturated rings. The number of nitrogens with one attached hydrogen (secondary N) is 1. The highest BCUT2D eigenvalue weighted by Crippen LogP contribution is 2.48. The monoisotopic (exact) mass is 224 g/mol. The first-order valence-electron chi connectivity index (χ1n) is 5.64. The zero-order chi connectivity index (χ0) is 12.2. The van der Waals surface area contributed by atoms with Crippen LogP contribution in [0.4, 0.5) is 0 Å². The summed E-state index contributed by atoms with van der Waals surface area (Å²) in [7, 11) is 1.69. The SMILES string of the molecule is COCCC1(CNC(=O)C(C)(C)C#N)CC1. The van der Waals surface area contributed by atoms with E-state index in [1.165, 1.54) is 0 Å². The van der Waals surface area contributed by atoms with Crippen LogP contribution in [0.1, 0.15) is 33.1 Å². The number of nitrogens with zero attached hydrogens (tertiary/aromatic N) is 1. The normalized spacial score (nSPS) is 17.6. The molecule has 0 aromatic carbocycles. The molecule has 16 heavy (non-hydrogen) atoms. The van der Waals surface area contributed by atoms with Crippen molar-refractivity contribution in [2.45, 2.75) is 33.1 Å². The van der Waals surface area contributed by atoms with Gasteiger partial charge in [0.05, 0.1) is 6.07 Å². The summed E-state index contributed by atoms with van der Waals surface area (Å²) in [6.45, 7) is 4.67. The van der Waals surface area contributed by atoms with E-state index in [2.05, 4.69) is 5.32 Å². The van der Waals surface area contributed by atoms with Gasteiger partial charge in [0.1, 0.15) is 5.41 Å². The van der Waals surface area contributed by atoms with Crippen LogP contribution in [0.2, 0.25) is 0 Å². The van der Waals surface area contributed by atoms with Gasteiger partial charge in [-0.3, -0.25) is 4.79 Å². The van der Waals surface area contributed by atoms with Gasteiger partial charge in [-0.2, -0.15) is 5.26 Å². The van der Waals surface area contributed by atoms with Gasteiger partial charge >= 0.3 is 0 Å². The Bertz CT molecular complexity index is 301. The van der Waals surface area contributed by atoms with Crippen LogP contribution < -0.4 is 5.32 Å². The second-order valence-corrected chi connectivity index (χ2v) is 5.16. The fraction of sp³-hybridized carbons (Fsp3) is 0.833. The second-order valence-electron chi connectivity index (χ2n) is 5.16. The minimum Gasteiger partial charge on any atom is -0.385 e. The number of amides is 1. The van der Waals surface area contributed by atoms with E-state index in [4.69, 9.17) is 10.00 Å². The van der Waals surface area contributed by atoms with Crippen molar-refractivity contribution in [1.29, 1.82) is 5.26 Å². The molecule has 1 rings (SSSR count). The number of nitriles is 1. The fourth-order valence-electron chi connectivity index (χ4n) is 1.55. The second kappa shape index (κ2) is 4.84. The summed E-state index contributed by atoms with van der Waals surface area (Å²) in [6, 6.07) is 2.00. The molecular weight excluding hydrogens is 204 g/mol. The number of carbonyl (C=O) groups excluding carboxylic acids is 1. The van der Waals surface area contributed by atoms with Crippen LogP contribution >= 0.6 is 0 Å². The van der Waals surface area contributed by atoms with Gasteiger partial charge in [-0.05, 0) is 38.5 Å². The summed E-state index contributed by atoms with van der Waals surface area (Å²) in [5.41, 5.74) is -0.700. The molecule has 4 nitrogen and oxygen atoms in total. The number of carbonyl (C=O) groups is 1. The van der Waals surface area contributed by atoms with E-state index in [0.717, 1.165) is 25.9 Å². The van der Waals surface area contributed by atoms with Gasteiger partial charge in [0.15, 0.2) is 0 Å². The zero-order valence-corrected chi connectivity index (χ0v) is 10.3. The van der Waals surface area contributed by atoms with Crippen LogP contribution in [0.3, 0.4) is 0 Å². The van der Waals surface area contributed by atoms with Crippen molar-refractivity contribution >= 4 is 5.91 Å². The molecule has 0 saturated heterocycles. The quantitative estimate of drug-likeness (QED) is 0.743. The van der Waals surface area contributed by atoms with Crippen molar-refractivity contribution in [3.05, 3.63) is 0 Å². The molecule has 1 aliphatic carbocycles. The van der Waals surface area contributed by atoms with Crippen molar-refractivity contribution in [2.24, 2.45) is 10.8 Å². The molecule has 0 radical (unpaired) electrons. The number of rotatable bonds is 6. The highest BCUT2D eigenvalue weighted by molar-refractivity contribution is 5.84. The first-order chi connectivity index (χ1) is 7.46. The van der Waals surface area contributed by atoms with Gasteiger partial charge in [0, 0.05) is 20.3 Å². The number of ether oxygens (including phenoxy) is 1. The van der Waals surface area contributed by atoms with E-state index >= 15 is 0 Å². The summed E-state index contributed by atoms with van der Waals surface area (Å²) in [4.78, 5) is 11.7. The van der Waals surface area contributed by atoms with Gasteiger partial charge in [0.25, 0.3) is 0 Å². The number of hydrogen-bond acceptors (Lipinski definition) is 3. The molecule has 1 saturated carbocycles. The summed E-state index contributed by atoms with van der Waals surface area (Å²) in [6.07, 6.45) is 3.27. The molecule has 1 amide bonds. The average molecular weight is 224 g/mol. The third-order valence-electron chi connectivity index (χ3n) is 3.26. The first-order valence-corrected chi connectivity index (χ1v) is 5.64. The Morgan fingerprint density at radius 2 is 2.19 bits per heavy atom. The Balaban J connectivity index is 2.35. The molecule has 0 bridgehead atoms. The lowest BCUT2D eigenvalue weighted by Crippen LogP contribution is -2.39. The topological polar surface area (TPSA) is 62.1 Å². The molecule has 0 atom stereocenters. The van der Waals surface area contributed by atoms with Crippen molar-refractivity contribution < 1.29 is 9.53 Å². The van der Waals surface area contributed by atoms with E-state index in [0.29, 0.717) is 6.54 Å². The number of methoxy groups -OCH3 is 1. The highest BCUT2D eigenvalue weighted by Gasteiger charge is 2.42. The molecule has 4 heteroatoms. The van der Waals surface area contributed by atoms with Crippen LogP contribution in [-0.2, 0) is 9.53 Å². The Hall–Kier alpha value is -1.08. The largest absolute Gasteiger partial charge is 0.385 e. The molecule has 0 aromatic rings. The fourth-order valence-corrected chi connectivity index (χ4v) is 1.55. The summed E-state index contributed by atoms with van der Waals surface area (Å²) in [5.74, 6) is -0.182. The van der Waals surface area contributed by atoms with E-state index in [-0.39, 0.29) is 11.3 Å². The standard InChI is InChI=1S/C12H20N2O2/c1-11(2,8-13)10(15)14-9-12(4-5-12)6-7-16-3/h4-7,9H2,1-3H3,(H,14,15). The minimum absolute atomic E-state index is 0.182. The third-order valence-corrected chi connectivity index (χ3v) is 3.26. The summed E-state index contributed by atoms with van der Waals surface area (Å²) >= 11 is 0. The molecule has 0 aliphatic heterocycles. The molecule has 0 heterocycles. The van der Waals surface area contributed by atoms with Gasteiger partial charge in [-0.25, -0.2) is 0 Å². The molecule has 0 unspecified atom stereocenters. The van der Waals surface area contributed by atoms with Crippen LogP contribution in [0.15, 0.2) is 0 Å². The molecule has 1 aliphatic rings. The molecule has 90 valence electrons. The van der Waals surface area contributed by atoms with E-state index in [1.54, 1.807) is 21.0 Å². The van der Waals surface area contributed by atoms with Crippen LogP contribution in [0.25, 0.3) is 0 Å². The molecule has 0 aromatic heterocycles. The molecule has 1 N–H and O–H groups in total. The smallest absolute Gasteiger partial charge is 0.239 e. The lowest BCUT2D eigenvalue weighted by molar-refractivity contribution is -0.127. The lowest BCUT2D eigenvalue weighted by Gasteiger charge is -2.19. The maximum absolute atomic E-state index is 11.7. The maximum atomic E-state index is 11.7. The summed E-state index contributed by atoms with van der Waals surface area (Å²) < 4.78 is 5.05. The highest BCUT2D eigenvalue weighted by atomic mass is 16.5. The van der Waals surface area contributed by atoms with Gasteiger partial charge in [-0.15, -0.1) is 0 Å². The van der Waals surface area contributed by atoms with Crippen molar-refractivity contribution in [1.82, 2.24) is 5.32 Å².